The van der Waals surface area contributed by atoms with E-state index in [9.17, 15) is 0 Å². The Morgan fingerprint density at radius 3 is 2.40 bits per heavy atom. The zero-order chi connectivity index (χ0) is 14.2. The highest BCUT2D eigenvalue weighted by Gasteiger charge is 1.95. The quantitative estimate of drug-likeness (QED) is 0.797. The molecule has 1 aromatic heterocycles. The Balaban J connectivity index is 2.04. The van der Waals surface area contributed by atoms with Gasteiger partial charge < -0.3 is 4.74 Å². The van der Waals surface area contributed by atoms with Gasteiger partial charge in [-0.2, -0.15) is 5.10 Å². The van der Waals surface area contributed by atoms with Gasteiger partial charge in [0.05, 0.1) is 12.8 Å². The Labute approximate surface area is 120 Å². The van der Waals surface area contributed by atoms with Crippen LogP contribution in [0.15, 0.2) is 36.4 Å². The minimum Gasteiger partial charge on any atom is -0.497 e. The molecule has 0 aliphatic rings. The molecule has 20 heavy (non-hydrogen) atoms. The first kappa shape index (κ1) is 14.1. The Morgan fingerprint density at radius 1 is 1.00 bits per heavy atom. The molecule has 102 valence electrons. The molecule has 0 aliphatic heterocycles. The first-order valence-corrected chi connectivity index (χ1v) is 6.80. The SMILES string of the molecule is CCCCc1ccc(C#Cc2ccc(OC)cc2)nn1. The van der Waals surface area contributed by atoms with Gasteiger partial charge in [0, 0.05) is 5.56 Å². The van der Waals surface area contributed by atoms with Crippen LogP contribution in [0.3, 0.4) is 0 Å². The zero-order valence-electron chi connectivity index (χ0n) is 11.9. The lowest BCUT2D eigenvalue weighted by Gasteiger charge is -1.98. The lowest BCUT2D eigenvalue weighted by molar-refractivity contribution is 0.415. The Kier molecular flexibility index (Phi) is 5.14. The van der Waals surface area contributed by atoms with Crippen molar-refractivity contribution < 1.29 is 4.74 Å². The first-order chi connectivity index (χ1) is 9.81. The molecular weight excluding hydrogens is 248 g/mol. The molecule has 3 heteroatoms. The fraction of sp³-hybridized carbons (Fsp3) is 0.294. The van der Waals surface area contributed by atoms with Gasteiger partial charge in [-0.25, -0.2) is 0 Å². The van der Waals surface area contributed by atoms with Crippen LogP contribution in [0.2, 0.25) is 0 Å². The number of hydrogen-bond donors (Lipinski definition) is 0. The Morgan fingerprint density at radius 2 is 1.80 bits per heavy atom. The molecule has 0 radical (unpaired) electrons. The van der Waals surface area contributed by atoms with Crippen LogP contribution in [-0.2, 0) is 6.42 Å². The molecule has 3 nitrogen and oxygen atoms in total. The van der Waals surface area contributed by atoms with Crippen LogP contribution in [0.5, 0.6) is 5.75 Å². The summed E-state index contributed by atoms with van der Waals surface area (Å²) in [5.74, 6) is 6.91. The highest BCUT2D eigenvalue weighted by Crippen LogP contribution is 2.10. The van der Waals surface area contributed by atoms with E-state index < -0.39 is 0 Å². The third-order valence-corrected chi connectivity index (χ3v) is 2.93. The zero-order valence-corrected chi connectivity index (χ0v) is 11.9. The van der Waals surface area contributed by atoms with E-state index in [2.05, 4.69) is 29.0 Å². The van der Waals surface area contributed by atoms with Crippen molar-refractivity contribution in [2.45, 2.75) is 26.2 Å². The average molecular weight is 266 g/mol. The molecule has 0 fully saturated rings. The second-order valence-corrected chi connectivity index (χ2v) is 4.49. The standard InChI is InChI=1S/C17H18N2O/c1-3-4-5-15-10-11-16(19-18-15)9-6-14-7-12-17(20-2)13-8-14/h7-8,10-13H,3-5H2,1-2H3. The molecule has 0 N–H and O–H groups in total. The molecule has 0 saturated carbocycles. The highest BCUT2D eigenvalue weighted by molar-refractivity contribution is 5.42. The van der Waals surface area contributed by atoms with Crippen LogP contribution in [-0.4, -0.2) is 17.3 Å². The van der Waals surface area contributed by atoms with Gasteiger partial charge in [-0.05, 0) is 55.2 Å². The molecule has 2 rings (SSSR count). The van der Waals surface area contributed by atoms with Crippen LogP contribution in [0.1, 0.15) is 36.7 Å². The van der Waals surface area contributed by atoms with Crippen LogP contribution in [0.4, 0.5) is 0 Å². The van der Waals surface area contributed by atoms with Crippen molar-refractivity contribution in [2.24, 2.45) is 0 Å². The maximum Gasteiger partial charge on any atom is 0.136 e. The van der Waals surface area contributed by atoms with Gasteiger partial charge in [-0.1, -0.05) is 19.3 Å². The predicted octanol–water partition coefficient (Wildman–Crippen LogP) is 3.23. The van der Waals surface area contributed by atoms with Crippen molar-refractivity contribution in [3.63, 3.8) is 0 Å². The van der Waals surface area contributed by atoms with Gasteiger partial charge in [0.25, 0.3) is 0 Å². The van der Waals surface area contributed by atoms with Crippen molar-refractivity contribution in [1.82, 2.24) is 10.2 Å². The monoisotopic (exact) mass is 266 g/mol. The maximum atomic E-state index is 5.11. The number of unbranched alkanes of at least 4 members (excludes halogenated alkanes) is 1. The molecule has 0 amide bonds. The lowest BCUT2D eigenvalue weighted by Crippen LogP contribution is -1.94. The van der Waals surface area contributed by atoms with Gasteiger partial charge in [0.15, 0.2) is 0 Å². The van der Waals surface area contributed by atoms with Crippen molar-refractivity contribution in [3.05, 3.63) is 53.3 Å². The molecule has 1 heterocycles. The van der Waals surface area contributed by atoms with Crippen LogP contribution >= 0.6 is 0 Å². The number of aryl methyl sites for hydroxylation is 1. The van der Waals surface area contributed by atoms with Crippen molar-refractivity contribution in [1.29, 1.82) is 0 Å². The largest absolute Gasteiger partial charge is 0.497 e. The van der Waals surface area contributed by atoms with Crippen LogP contribution in [0.25, 0.3) is 0 Å². The number of aromatic nitrogens is 2. The van der Waals surface area contributed by atoms with E-state index in [1.807, 2.05) is 36.4 Å². The summed E-state index contributed by atoms with van der Waals surface area (Å²) in [4.78, 5) is 0. The van der Waals surface area contributed by atoms with E-state index in [1.165, 1.54) is 6.42 Å². The summed E-state index contributed by atoms with van der Waals surface area (Å²) in [5, 5.41) is 8.32. The highest BCUT2D eigenvalue weighted by atomic mass is 16.5. The maximum absolute atomic E-state index is 5.11. The summed E-state index contributed by atoms with van der Waals surface area (Å²) in [6, 6.07) is 11.6. The van der Waals surface area contributed by atoms with Gasteiger partial charge in [0.1, 0.15) is 11.4 Å². The van der Waals surface area contributed by atoms with Crippen molar-refractivity contribution >= 4 is 0 Å². The smallest absolute Gasteiger partial charge is 0.136 e. The molecule has 0 aliphatic carbocycles. The molecule has 0 spiro atoms. The second kappa shape index (κ2) is 7.30. The third kappa shape index (κ3) is 4.10. The Hall–Kier alpha value is -2.34. The van der Waals surface area contributed by atoms with Crippen molar-refractivity contribution in [2.75, 3.05) is 7.11 Å². The number of hydrogen-bond acceptors (Lipinski definition) is 3. The van der Waals surface area contributed by atoms with E-state index in [-0.39, 0.29) is 0 Å². The van der Waals surface area contributed by atoms with E-state index in [4.69, 9.17) is 4.74 Å². The van der Waals surface area contributed by atoms with Gasteiger partial charge in [-0.15, -0.1) is 5.10 Å². The summed E-state index contributed by atoms with van der Waals surface area (Å²) in [6.45, 7) is 2.17. The normalized spacial score (nSPS) is 9.70. The number of nitrogens with zero attached hydrogens (tertiary/aromatic N) is 2. The third-order valence-electron chi connectivity index (χ3n) is 2.93. The number of rotatable bonds is 4. The number of ether oxygens (including phenoxy) is 1. The second-order valence-electron chi connectivity index (χ2n) is 4.49. The van der Waals surface area contributed by atoms with Gasteiger partial charge >= 0.3 is 0 Å². The number of benzene rings is 1. The summed E-state index contributed by atoms with van der Waals surface area (Å²) in [5.41, 5.74) is 2.66. The summed E-state index contributed by atoms with van der Waals surface area (Å²) in [6.07, 6.45) is 3.29. The first-order valence-electron chi connectivity index (χ1n) is 6.80. The summed E-state index contributed by atoms with van der Waals surface area (Å²) in [7, 11) is 1.65. The van der Waals surface area contributed by atoms with Gasteiger partial charge in [-0.3, -0.25) is 0 Å². The topological polar surface area (TPSA) is 35.0 Å². The van der Waals surface area contributed by atoms with Crippen molar-refractivity contribution in [3.8, 4) is 17.6 Å². The number of methoxy groups -OCH3 is 1. The molecule has 2 aromatic rings. The van der Waals surface area contributed by atoms with E-state index in [0.717, 1.165) is 29.8 Å². The Bertz CT molecular complexity index is 592. The average Bonchev–Trinajstić information content (AvgIpc) is 2.52. The molecule has 1 aromatic carbocycles. The van der Waals surface area contributed by atoms with Crippen LogP contribution < -0.4 is 4.74 Å². The minimum atomic E-state index is 0.695. The lowest BCUT2D eigenvalue weighted by atomic mass is 10.2. The summed E-state index contributed by atoms with van der Waals surface area (Å²) >= 11 is 0. The van der Waals surface area contributed by atoms with E-state index in [1.54, 1.807) is 7.11 Å². The van der Waals surface area contributed by atoms with Gasteiger partial charge in [0.2, 0.25) is 0 Å². The molecular formula is C17H18N2O. The fourth-order valence-corrected chi connectivity index (χ4v) is 1.73. The van der Waals surface area contributed by atoms with E-state index >= 15 is 0 Å². The fourth-order valence-electron chi connectivity index (χ4n) is 1.73. The molecule has 0 atom stereocenters. The van der Waals surface area contributed by atoms with E-state index in [0.29, 0.717) is 5.69 Å². The molecule has 0 unspecified atom stereocenters. The predicted molar refractivity (Wildman–Crippen MR) is 79.6 cm³/mol. The molecule has 0 bridgehead atoms. The summed E-state index contributed by atoms with van der Waals surface area (Å²) < 4.78 is 5.11. The van der Waals surface area contributed by atoms with Crippen LogP contribution in [0, 0.1) is 11.8 Å². The molecule has 0 saturated heterocycles. The minimum absolute atomic E-state index is 0.695.